The van der Waals surface area contributed by atoms with Gasteiger partial charge in [0.2, 0.25) is 0 Å². The van der Waals surface area contributed by atoms with E-state index >= 15 is 0 Å². The van der Waals surface area contributed by atoms with Crippen LogP contribution in [0.25, 0.3) is 22.2 Å². The number of pyridine rings is 1. The van der Waals surface area contributed by atoms with Crippen LogP contribution in [0.4, 0.5) is 5.69 Å². The van der Waals surface area contributed by atoms with Crippen molar-refractivity contribution in [2.24, 2.45) is 5.84 Å². The minimum absolute atomic E-state index is 0.556. The molecule has 3 N–H and O–H groups in total. The number of aromatic nitrogens is 1. The van der Waals surface area contributed by atoms with Gasteiger partial charge < -0.3 is 10.2 Å². The minimum atomic E-state index is 0.556. The average molecular weight is 300 g/mol. The summed E-state index contributed by atoms with van der Waals surface area (Å²) in [4.78, 5) is 4.65. The van der Waals surface area contributed by atoms with Crippen molar-refractivity contribution in [2.45, 2.75) is 0 Å². The topological polar surface area (TPSA) is 60.2 Å². The highest BCUT2D eigenvalue weighted by atomic mass is 35.5. The van der Waals surface area contributed by atoms with Crippen LogP contribution in [0.3, 0.4) is 0 Å². The molecule has 1 heterocycles. The molecule has 3 aromatic rings. The molecule has 1 aromatic heterocycles. The molecule has 0 unspecified atom stereocenters. The second-order valence-corrected chi connectivity index (χ2v) is 4.95. The summed E-state index contributed by atoms with van der Waals surface area (Å²) in [6.07, 6.45) is 0. The van der Waals surface area contributed by atoms with Gasteiger partial charge in [0, 0.05) is 5.56 Å². The minimum Gasteiger partial charge on any atom is -0.496 e. The number of anilines is 1. The van der Waals surface area contributed by atoms with Gasteiger partial charge in [-0.1, -0.05) is 41.9 Å². The van der Waals surface area contributed by atoms with E-state index in [0.717, 1.165) is 22.3 Å². The quantitative estimate of drug-likeness (QED) is 0.570. The SMILES string of the molecule is COc1ccc(Cl)c2nc(-c3ccccc3)cc(NN)c12. The maximum atomic E-state index is 6.29. The number of hydrogen-bond acceptors (Lipinski definition) is 4. The van der Waals surface area contributed by atoms with Crippen molar-refractivity contribution >= 4 is 28.2 Å². The predicted octanol–water partition coefficient (Wildman–Crippen LogP) is 3.85. The first kappa shape index (κ1) is 13.7. The maximum absolute atomic E-state index is 6.29. The molecule has 2 aromatic carbocycles. The highest BCUT2D eigenvalue weighted by Crippen LogP contribution is 2.37. The zero-order valence-corrected chi connectivity index (χ0v) is 12.2. The Labute approximate surface area is 127 Å². The molecule has 0 saturated heterocycles. The van der Waals surface area contributed by atoms with Gasteiger partial charge in [0.15, 0.2) is 0 Å². The second-order valence-electron chi connectivity index (χ2n) is 4.54. The maximum Gasteiger partial charge on any atom is 0.130 e. The Morgan fingerprint density at radius 2 is 1.90 bits per heavy atom. The molecule has 4 nitrogen and oxygen atoms in total. The lowest BCUT2D eigenvalue weighted by Gasteiger charge is -2.13. The summed E-state index contributed by atoms with van der Waals surface area (Å²) in [6, 6.07) is 15.3. The molecular formula is C16H14ClN3O. The lowest BCUT2D eigenvalue weighted by molar-refractivity contribution is 0.420. The van der Waals surface area contributed by atoms with Crippen LogP contribution in [0.15, 0.2) is 48.5 Å². The highest BCUT2D eigenvalue weighted by Gasteiger charge is 2.13. The fraction of sp³-hybridized carbons (Fsp3) is 0.0625. The number of fused-ring (bicyclic) bond motifs is 1. The van der Waals surface area contributed by atoms with E-state index in [1.807, 2.05) is 36.4 Å². The Morgan fingerprint density at radius 1 is 1.14 bits per heavy atom. The van der Waals surface area contributed by atoms with E-state index in [4.69, 9.17) is 22.2 Å². The van der Waals surface area contributed by atoms with Crippen LogP contribution in [-0.2, 0) is 0 Å². The number of nitrogens with two attached hydrogens (primary N) is 1. The number of hydrazine groups is 1. The molecule has 0 bridgehead atoms. The standard InChI is InChI=1S/C16H14ClN3O/c1-21-14-8-7-11(17)16-15(14)13(20-18)9-12(19-16)10-5-3-2-4-6-10/h2-9H,18H2,1H3,(H,19,20). The molecule has 0 radical (unpaired) electrons. The fourth-order valence-corrected chi connectivity index (χ4v) is 2.52. The van der Waals surface area contributed by atoms with Crippen molar-refractivity contribution in [1.29, 1.82) is 0 Å². The first-order valence-corrected chi connectivity index (χ1v) is 6.81. The Bertz CT molecular complexity index is 790. The van der Waals surface area contributed by atoms with Gasteiger partial charge in [0.25, 0.3) is 0 Å². The number of nitrogens with one attached hydrogen (secondary N) is 1. The van der Waals surface area contributed by atoms with Gasteiger partial charge in [-0.2, -0.15) is 0 Å². The molecule has 106 valence electrons. The van der Waals surface area contributed by atoms with Crippen LogP contribution < -0.4 is 16.0 Å². The van der Waals surface area contributed by atoms with Gasteiger partial charge in [0.1, 0.15) is 5.75 Å². The first-order chi connectivity index (χ1) is 10.2. The number of hydrogen-bond donors (Lipinski definition) is 2. The zero-order valence-electron chi connectivity index (χ0n) is 11.4. The summed E-state index contributed by atoms with van der Waals surface area (Å²) in [5, 5.41) is 1.33. The molecule has 21 heavy (non-hydrogen) atoms. The summed E-state index contributed by atoms with van der Waals surface area (Å²) in [5.74, 6) is 6.34. The van der Waals surface area contributed by atoms with Crippen molar-refractivity contribution in [3.05, 3.63) is 53.6 Å². The molecule has 0 aliphatic rings. The van der Waals surface area contributed by atoms with Gasteiger partial charge >= 0.3 is 0 Å². The summed E-state index contributed by atoms with van der Waals surface area (Å²) in [5.41, 5.74) is 5.87. The fourth-order valence-electron chi connectivity index (χ4n) is 2.32. The number of ether oxygens (including phenoxy) is 1. The van der Waals surface area contributed by atoms with E-state index in [9.17, 15) is 0 Å². The second kappa shape index (κ2) is 5.60. The lowest BCUT2D eigenvalue weighted by atomic mass is 10.1. The zero-order chi connectivity index (χ0) is 14.8. The van der Waals surface area contributed by atoms with E-state index < -0.39 is 0 Å². The van der Waals surface area contributed by atoms with Gasteiger partial charge in [-0.05, 0) is 18.2 Å². The van der Waals surface area contributed by atoms with Crippen LogP contribution in [-0.4, -0.2) is 12.1 Å². The van der Waals surface area contributed by atoms with Crippen LogP contribution in [0.2, 0.25) is 5.02 Å². The Hall–Kier alpha value is -2.30. The van der Waals surface area contributed by atoms with Gasteiger partial charge in [-0.15, -0.1) is 0 Å². The van der Waals surface area contributed by atoms with E-state index in [0.29, 0.717) is 16.3 Å². The van der Waals surface area contributed by atoms with E-state index in [2.05, 4.69) is 10.4 Å². The van der Waals surface area contributed by atoms with Crippen LogP contribution in [0.5, 0.6) is 5.75 Å². The normalized spacial score (nSPS) is 10.6. The van der Waals surface area contributed by atoms with Crippen molar-refractivity contribution in [3.8, 4) is 17.0 Å². The largest absolute Gasteiger partial charge is 0.496 e. The van der Waals surface area contributed by atoms with Crippen molar-refractivity contribution < 1.29 is 4.74 Å². The third-order valence-electron chi connectivity index (χ3n) is 3.32. The Kier molecular flexibility index (Phi) is 3.64. The Balaban J connectivity index is 2.34. The summed E-state index contributed by atoms with van der Waals surface area (Å²) in [7, 11) is 1.61. The van der Waals surface area contributed by atoms with E-state index in [1.54, 1.807) is 19.2 Å². The summed E-state index contributed by atoms with van der Waals surface area (Å²) >= 11 is 6.29. The number of nitrogen functional groups attached to an aromatic ring is 1. The third kappa shape index (κ3) is 2.39. The van der Waals surface area contributed by atoms with Gasteiger partial charge in [-0.25, -0.2) is 4.98 Å². The number of halogens is 1. The van der Waals surface area contributed by atoms with Crippen molar-refractivity contribution in [2.75, 3.05) is 12.5 Å². The van der Waals surface area contributed by atoms with Crippen molar-refractivity contribution in [1.82, 2.24) is 4.98 Å². The first-order valence-electron chi connectivity index (χ1n) is 6.44. The molecule has 0 fully saturated rings. The lowest BCUT2D eigenvalue weighted by Crippen LogP contribution is -2.08. The molecule has 0 atom stereocenters. The number of methoxy groups -OCH3 is 1. The predicted molar refractivity (Wildman–Crippen MR) is 86.6 cm³/mol. The van der Waals surface area contributed by atoms with Crippen molar-refractivity contribution in [3.63, 3.8) is 0 Å². The molecule has 0 amide bonds. The highest BCUT2D eigenvalue weighted by molar-refractivity contribution is 6.35. The molecule has 3 rings (SSSR count). The monoisotopic (exact) mass is 299 g/mol. The number of rotatable bonds is 3. The van der Waals surface area contributed by atoms with Crippen LogP contribution >= 0.6 is 11.6 Å². The van der Waals surface area contributed by atoms with Gasteiger partial charge in [-0.3, -0.25) is 5.84 Å². The number of nitrogens with zero attached hydrogens (tertiary/aromatic N) is 1. The molecule has 0 aliphatic carbocycles. The van der Waals surface area contributed by atoms with Crippen LogP contribution in [0.1, 0.15) is 0 Å². The van der Waals surface area contributed by atoms with E-state index in [-0.39, 0.29) is 0 Å². The summed E-state index contributed by atoms with van der Waals surface area (Å²) < 4.78 is 5.38. The Morgan fingerprint density at radius 3 is 2.57 bits per heavy atom. The van der Waals surface area contributed by atoms with E-state index in [1.165, 1.54) is 0 Å². The molecule has 0 saturated carbocycles. The van der Waals surface area contributed by atoms with Crippen LogP contribution in [0, 0.1) is 0 Å². The summed E-state index contributed by atoms with van der Waals surface area (Å²) in [6.45, 7) is 0. The number of benzene rings is 2. The smallest absolute Gasteiger partial charge is 0.130 e. The third-order valence-corrected chi connectivity index (χ3v) is 3.62. The molecular weight excluding hydrogens is 286 g/mol. The molecule has 0 aliphatic heterocycles. The van der Waals surface area contributed by atoms with Gasteiger partial charge in [0.05, 0.1) is 34.4 Å². The molecule has 5 heteroatoms. The average Bonchev–Trinajstić information content (AvgIpc) is 2.55. The molecule has 0 spiro atoms.